The molecule has 0 rings (SSSR count). The van der Waals surface area contributed by atoms with Crippen molar-refractivity contribution in [3.63, 3.8) is 0 Å². The van der Waals surface area contributed by atoms with Crippen LogP contribution in [0.5, 0.6) is 0 Å². The third-order valence-corrected chi connectivity index (χ3v) is 2.02. The van der Waals surface area contributed by atoms with Gasteiger partial charge in [0.2, 0.25) is 0 Å². The third kappa shape index (κ3) is 10.6. The molecule has 15 heavy (non-hydrogen) atoms. The Balaban J connectivity index is 3.66. The van der Waals surface area contributed by atoms with E-state index in [-0.39, 0.29) is 5.96 Å². The maximum Gasteiger partial charge on any atom is 0.256 e. The van der Waals surface area contributed by atoms with Crippen LogP contribution in [0.3, 0.4) is 0 Å². The van der Waals surface area contributed by atoms with Crippen LogP contribution in [-0.2, 0) is 0 Å². The Bertz CT molecular complexity index is 245. The molecule has 1 atom stereocenters. The molecule has 0 bridgehead atoms. The monoisotopic (exact) mass is 211 g/mol. The Labute approximate surface area is 92.1 Å². The molecule has 1 unspecified atom stereocenters. The van der Waals surface area contributed by atoms with Crippen LogP contribution in [0.25, 0.3) is 0 Å². The van der Waals surface area contributed by atoms with Gasteiger partial charge in [-0.3, -0.25) is 0 Å². The van der Waals surface area contributed by atoms with E-state index in [0.29, 0.717) is 5.92 Å². The molecule has 86 valence electrons. The molecular formula is C11H23N4+. The van der Waals surface area contributed by atoms with Crippen LogP contribution in [0.2, 0.25) is 0 Å². The van der Waals surface area contributed by atoms with E-state index < -0.39 is 0 Å². The number of allylic oxidation sites excluding steroid dienone is 2. The van der Waals surface area contributed by atoms with Gasteiger partial charge in [-0.25, -0.2) is 0 Å². The van der Waals surface area contributed by atoms with Crippen LogP contribution >= 0.6 is 0 Å². The molecule has 0 amide bonds. The van der Waals surface area contributed by atoms with Gasteiger partial charge in [0, 0.05) is 11.5 Å². The number of rotatable bonds is 6. The molecule has 0 heterocycles. The summed E-state index contributed by atoms with van der Waals surface area (Å²) in [6, 6.07) is 0. The summed E-state index contributed by atoms with van der Waals surface area (Å²) in [5.41, 5.74) is 11.7. The Morgan fingerprint density at radius 3 is 2.60 bits per heavy atom. The summed E-state index contributed by atoms with van der Waals surface area (Å²) in [5, 5.41) is 6.37. The van der Waals surface area contributed by atoms with Gasteiger partial charge in [-0.1, -0.05) is 18.6 Å². The lowest BCUT2D eigenvalue weighted by atomic mass is 10.0. The highest BCUT2D eigenvalue weighted by Gasteiger charge is 2.00. The highest BCUT2D eigenvalue weighted by molar-refractivity contribution is 5.74. The molecule has 0 saturated heterocycles. The number of nitrogens with one attached hydrogen (secondary N) is 1. The van der Waals surface area contributed by atoms with Crippen molar-refractivity contribution in [2.45, 2.75) is 40.0 Å². The normalized spacial score (nSPS) is 12.5. The molecule has 0 aliphatic rings. The van der Waals surface area contributed by atoms with Gasteiger partial charge in [0.25, 0.3) is 5.96 Å². The smallest absolute Gasteiger partial charge is 0.256 e. The molecule has 0 aromatic carbocycles. The number of guanidine groups is 1. The fourth-order valence-electron chi connectivity index (χ4n) is 1.15. The van der Waals surface area contributed by atoms with Gasteiger partial charge in [0.1, 0.15) is 0 Å². The van der Waals surface area contributed by atoms with E-state index in [4.69, 9.17) is 11.5 Å². The molecule has 0 aliphatic heterocycles. The molecule has 0 spiro atoms. The van der Waals surface area contributed by atoms with Gasteiger partial charge < -0.3 is 11.5 Å². The number of hydrogen-bond acceptors (Lipinski definition) is 1. The average molecular weight is 211 g/mol. The predicted octanol–water partition coefficient (Wildman–Crippen LogP) is 0.0988. The maximum atomic E-state index is 5.16. The third-order valence-electron chi connectivity index (χ3n) is 2.02. The van der Waals surface area contributed by atoms with Crippen LogP contribution < -0.4 is 16.6 Å². The minimum Gasteiger partial charge on any atom is -0.365 e. The topological polar surface area (TPSA) is 78.4 Å². The summed E-state index contributed by atoms with van der Waals surface area (Å²) in [7, 11) is 0. The van der Waals surface area contributed by atoms with Crippen molar-refractivity contribution in [3.8, 4) is 0 Å². The first-order valence-electron chi connectivity index (χ1n) is 5.31. The largest absolute Gasteiger partial charge is 0.365 e. The number of hydrazone groups is 1. The van der Waals surface area contributed by atoms with Gasteiger partial charge >= 0.3 is 0 Å². The Kier molecular flexibility index (Phi) is 7.32. The second-order valence-corrected chi connectivity index (χ2v) is 4.07. The SMILES string of the molecule is CC(C)=CCCC(C)CC=[NH+]N=C(N)N. The van der Waals surface area contributed by atoms with Crippen molar-refractivity contribution in [1.29, 1.82) is 0 Å². The van der Waals surface area contributed by atoms with Crippen LogP contribution in [0.1, 0.15) is 40.0 Å². The van der Waals surface area contributed by atoms with Crippen LogP contribution in [0.15, 0.2) is 16.8 Å². The van der Waals surface area contributed by atoms with Gasteiger partial charge in [-0.05, 0) is 32.6 Å². The van der Waals surface area contributed by atoms with Crippen molar-refractivity contribution in [2.75, 3.05) is 0 Å². The minimum absolute atomic E-state index is 0.0587. The van der Waals surface area contributed by atoms with Crippen molar-refractivity contribution < 1.29 is 5.10 Å². The summed E-state index contributed by atoms with van der Waals surface area (Å²) < 4.78 is 0. The van der Waals surface area contributed by atoms with Gasteiger partial charge in [-0.15, -0.1) is 5.10 Å². The predicted molar refractivity (Wildman–Crippen MR) is 65.3 cm³/mol. The molecule has 0 aliphatic carbocycles. The molecule has 0 fully saturated rings. The first kappa shape index (κ1) is 13.7. The van der Waals surface area contributed by atoms with E-state index in [1.54, 1.807) is 0 Å². The summed E-state index contributed by atoms with van der Waals surface area (Å²) in [6.07, 6.45) is 7.44. The Morgan fingerprint density at radius 2 is 2.07 bits per heavy atom. The van der Waals surface area contributed by atoms with Crippen molar-refractivity contribution >= 4 is 12.2 Å². The summed E-state index contributed by atoms with van der Waals surface area (Å²) in [4.78, 5) is 0. The summed E-state index contributed by atoms with van der Waals surface area (Å²) >= 11 is 0. The zero-order chi connectivity index (χ0) is 11.7. The highest BCUT2D eigenvalue weighted by Crippen LogP contribution is 2.09. The number of hydrogen-bond donors (Lipinski definition) is 3. The second-order valence-electron chi connectivity index (χ2n) is 4.07. The lowest BCUT2D eigenvalue weighted by Gasteiger charge is -2.03. The minimum atomic E-state index is 0.0587. The molecule has 0 aromatic heterocycles. The van der Waals surface area contributed by atoms with Gasteiger partial charge in [0.15, 0.2) is 6.21 Å². The van der Waals surface area contributed by atoms with Crippen molar-refractivity contribution in [2.24, 2.45) is 22.5 Å². The molecule has 0 radical (unpaired) electrons. The zero-order valence-corrected chi connectivity index (χ0v) is 9.96. The maximum absolute atomic E-state index is 5.16. The molecule has 0 aromatic rings. The number of nitrogens with two attached hydrogens (primary N) is 2. The van der Waals surface area contributed by atoms with E-state index >= 15 is 0 Å². The average Bonchev–Trinajstić information content (AvgIpc) is 2.11. The second kappa shape index (κ2) is 8.03. The quantitative estimate of drug-likeness (QED) is 0.252. The molecular weight excluding hydrogens is 188 g/mol. The van der Waals surface area contributed by atoms with E-state index in [9.17, 15) is 0 Å². The standard InChI is InChI=1S/C11H22N4/c1-9(2)5-4-6-10(3)7-8-14-15-11(12)13/h5,8,10H,4,6-7H2,1-3H3,(H4,12,13,15)/p+1. The van der Waals surface area contributed by atoms with E-state index in [1.165, 1.54) is 12.0 Å². The van der Waals surface area contributed by atoms with Crippen molar-refractivity contribution in [3.05, 3.63) is 11.6 Å². The van der Waals surface area contributed by atoms with Crippen molar-refractivity contribution in [1.82, 2.24) is 0 Å². The summed E-state index contributed by atoms with van der Waals surface area (Å²) in [5.74, 6) is 0.700. The number of nitrogens with zero attached hydrogens (tertiary/aromatic N) is 1. The van der Waals surface area contributed by atoms with Crippen LogP contribution in [-0.4, -0.2) is 12.2 Å². The first-order chi connectivity index (χ1) is 7.02. The van der Waals surface area contributed by atoms with Gasteiger partial charge in [-0.2, -0.15) is 0 Å². The van der Waals surface area contributed by atoms with Gasteiger partial charge in [0.05, 0.1) is 0 Å². The molecule has 4 heteroatoms. The lowest BCUT2D eigenvalue weighted by Crippen LogP contribution is -2.63. The van der Waals surface area contributed by atoms with E-state index in [1.807, 2.05) is 6.21 Å². The molecule has 5 N–H and O–H groups in total. The summed E-state index contributed by atoms with van der Waals surface area (Å²) in [6.45, 7) is 6.46. The fraction of sp³-hybridized carbons (Fsp3) is 0.636. The zero-order valence-electron chi connectivity index (χ0n) is 9.96. The van der Waals surface area contributed by atoms with Crippen LogP contribution in [0, 0.1) is 5.92 Å². The van der Waals surface area contributed by atoms with E-state index in [0.717, 1.165) is 12.8 Å². The lowest BCUT2D eigenvalue weighted by molar-refractivity contribution is -0.458. The van der Waals surface area contributed by atoms with Crippen LogP contribution in [0.4, 0.5) is 0 Å². The fourth-order valence-corrected chi connectivity index (χ4v) is 1.15. The molecule has 0 saturated carbocycles. The Hall–Kier alpha value is -1.32. The Morgan fingerprint density at radius 1 is 1.40 bits per heavy atom. The van der Waals surface area contributed by atoms with E-state index in [2.05, 4.69) is 37.1 Å². The highest BCUT2D eigenvalue weighted by atomic mass is 15.3. The molecule has 4 nitrogen and oxygen atoms in total. The first-order valence-corrected chi connectivity index (χ1v) is 5.31.